The zero-order valence-electron chi connectivity index (χ0n) is 15.6. The van der Waals surface area contributed by atoms with Gasteiger partial charge >= 0.3 is 5.97 Å². The number of nitrogens with one attached hydrogen (secondary N) is 2. The second-order valence-electron chi connectivity index (χ2n) is 7.34. The van der Waals surface area contributed by atoms with E-state index in [2.05, 4.69) is 10.3 Å². The van der Waals surface area contributed by atoms with E-state index in [0.717, 1.165) is 42.5 Å². The molecule has 2 aliphatic rings. The van der Waals surface area contributed by atoms with E-state index in [4.69, 9.17) is 10.2 Å². The van der Waals surface area contributed by atoms with Gasteiger partial charge in [-0.1, -0.05) is 0 Å². The van der Waals surface area contributed by atoms with E-state index in [9.17, 15) is 18.0 Å². The number of carboxylic acid groups (broad SMARTS) is 1. The summed E-state index contributed by atoms with van der Waals surface area (Å²) in [6.07, 6.45) is 5.92. The van der Waals surface area contributed by atoms with Gasteiger partial charge in [-0.2, -0.15) is 0 Å². The van der Waals surface area contributed by atoms with Gasteiger partial charge in [-0.05, 0) is 67.5 Å². The molecule has 0 bridgehead atoms. The first-order valence-electron chi connectivity index (χ1n) is 9.38. The maximum absolute atomic E-state index is 12.5. The zero-order valence-corrected chi connectivity index (χ0v) is 16.4. The van der Waals surface area contributed by atoms with Crippen molar-refractivity contribution in [3.05, 3.63) is 46.3 Å². The number of aromatic nitrogens is 1. The Bertz CT molecular complexity index is 1160. The van der Waals surface area contributed by atoms with Crippen LogP contribution < -0.4 is 10.5 Å². The van der Waals surface area contributed by atoms with Gasteiger partial charge in [0.2, 0.25) is 10.0 Å². The molecule has 4 rings (SSSR count). The van der Waals surface area contributed by atoms with Gasteiger partial charge in [-0.25, -0.2) is 13.6 Å². The van der Waals surface area contributed by atoms with Gasteiger partial charge in [0.05, 0.1) is 10.5 Å². The van der Waals surface area contributed by atoms with Crippen molar-refractivity contribution in [2.24, 2.45) is 5.14 Å². The molecule has 1 amide bonds. The molecule has 0 saturated carbocycles. The molecule has 0 fully saturated rings. The molecule has 2 aromatic rings. The third-order valence-electron chi connectivity index (χ3n) is 5.42. The van der Waals surface area contributed by atoms with E-state index < -0.39 is 16.0 Å². The number of hydrogen-bond donors (Lipinski definition) is 4. The maximum Gasteiger partial charge on any atom is 0.303 e. The van der Waals surface area contributed by atoms with Crippen LogP contribution in [-0.2, 0) is 38.9 Å². The monoisotopic (exact) mass is 415 g/mol. The summed E-state index contributed by atoms with van der Waals surface area (Å²) in [5.41, 5.74) is 5.13. The number of aromatic amines is 1. The van der Waals surface area contributed by atoms with E-state index in [1.165, 1.54) is 18.2 Å². The predicted molar refractivity (Wildman–Crippen MR) is 108 cm³/mol. The Morgan fingerprint density at radius 2 is 2.00 bits per heavy atom. The van der Waals surface area contributed by atoms with Crippen molar-refractivity contribution < 1.29 is 23.1 Å². The molecule has 0 unspecified atom stereocenters. The van der Waals surface area contributed by atoms with Crippen LogP contribution in [0.1, 0.15) is 47.3 Å². The standard InChI is InChI=1S/C20H21N3O5S/c21-29(27,28)11-5-7-17-14(9-11)15(20(26)23-17)10-18-13(6-8-19(24)25)12-3-1-2-4-16(12)22-18/h5,7,9-10,22H,1-4,6,8H2,(H,23,26)(H,24,25)(H2,21,27,28)/b15-10+. The molecule has 1 aliphatic carbocycles. The molecular weight excluding hydrogens is 394 g/mol. The van der Waals surface area contributed by atoms with Crippen LogP contribution in [0, 0.1) is 0 Å². The first kappa shape index (κ1) is 19.4. The molecule has 1 aromatic carbocycles. The first-order chi connectivity index (χ1) is 13.7. The number of anilines is 1. The molecule has 0 spiro atoms. The normalized spacial score (nSPS) is 17.1. The lowest BCUT2D eigenvalue weighted by Crippen LogP contribution is -2.12. The summed E-state index contributed by atoms with van der Waals surface area (Å²) in [5.74, 6) is -1.22. The minimum absolute atomic E-state index is 0.00118. The first-order valence-corrected chi connectivity index (χ1v) is 10.9. The fraction of sp³-hybridized carbons (Fsp3) is 0.300. The van der Waals surface area contributed by atoms with Crippen LogP contribution in [0.5, 0.6) is 0 Å². The fourth-order valence-corrected chi connectivity index (χ4v) is 4.59. The minimum atomic E-state index is -3.91. The van der Waals surface area contributed by atoms with Crippen LogP contribution in [0.2, 0.25) is 0 Å². The number of amides is 1. The molecule has 1 aliphatic heterocycles. The number of carbonyl (C=O) groups excluding carboxylic acids is 1. The zero-order chi connectivity index (χ0) is 20.8. The van der Waals surface area contributed by atoms with Crippen LogP contribution >= 0.6 is 0 Å². The van der Waals surface area contributed by atoms with Crippen LogP contribution in [-0.4, -0.2) is 30.4 Å². The highest BCUT2D eigenvalue weighted by Gasteiger charge is 2.27. The molecule has 0 saturated heterocycles. The summed E-state index contributed by atoms with van der Waals surface area (Å²) in [6.45, 7) is 0. The minimum Gasteiger partial charge on any atom is -0.481 e. The van der Waals surface area contributed by atoms with Crippen molar-refractivity contribution in [2.75, 3.05) is 5.32 Å². The number of H-pyrrole nitrogens is 1. The average Bonchev–Trinajstić information content (AvgIpc) is 3.16. The van der Waals surface area contributed by atoms with Crippen molar-refractivity contribution in [1.29, 1.82) is 0 Å². The highest BCUT2D eigenvalue weighted by atomic mass is 32.2. The summed E-state index contributed by atoms with van der Waals surface area (Å²) in [5, 5.41) is 17.1. The highest BCUT2D eigenvalue weighted by molar-refractivity contribution is 7.89. The molecule has 152 valence electrons. The summed E-state index contributed by atoms with van der Waals surface area (Å²) < 4.78 is 23.4. The topological polar surface area (TPSA) is 142 Å². The van der Waals surface area contributed by atoms with Crippen LogP contribution in [0.3, 0.4) is 0 Å². The van der Waals surface area contributed by atoms with Gasteiger partial charge in [-0.3, -0.25) is 9.59 Å². The SMILES string of the molecule is NS(=O)(=O)c1ccc2c(c1)/C(=C\c1[nH]c3c(c1CCC(=O)O)CCCC3)C(=O)N2. The van der Waals surface area contributed by atoms with Gasteiger partial charge < -0.3 is 15.4 Å². The number of fused-ring (bicyclic) bond motifs is 2. The van der Waals surface area contributed by atoms with Crippen molar-refractivity contribution in [2.45, 2.75) is 43.4 Å². The Labute approximate surface area is 167 Å². The smallest absolute Gasteiger partial charge is 0.303 e. The van der Waals surface area contributed by atoms with Crippen LogP contribution in [0.4, 0.5) is 5.69 Å². The van der Waals surface area contributed by atoms with E-state index in [1.54, 1.807) is 6.08 Å². The summed E-state index contributed by atoms with van der Waals surface area (Å²) in [6, 6.07) is 4.25. The second kappa shape index (κ2) is 7.16. The van der Waals surface area contributed by atoms with Crippen molar-refractivity contribution in [3.8, 4) is 0 Å². The van der Waals surface area contributed by atoms with E-state index in [1.807, 2.05) is 0 Å². The maximum atomic E-state index is 12.5. The molecule has 9 heteroatoms. The molecule has 1 aromatic heterocycles. The predicted octanol–water partition coefficient (Wildman–Crippen LogP) is 2.05. The Morgan fingerprint density at radius 3 is 2.72 bits per heavy atom. The van der Waals surface area contributed by atoms with Crippen molar-refractivity contribution >= 4 is 39.2 Å². The number of rotatable bonds is 5. The summed E-state index contributed by atoms with van der Waals surface area (Å²) in [4.78, 5) is 26.9. The van der Waals surface area contributed by atoms with Gasteiger partial charge in [0.1, 0.15) is 0 Å². The Morgan fingerprint density at radius 1 is 1.24 bits per heavy atom. The van der Waals surface area contributed by atoms with Crippen LogP contribution in [0.15, 0.2) is 23.1 Å². The Kier molecular flexibility index (Phi) is 4.79. The lowest BCUT2D eigenvalue weighted by atomic mass is 9.92. The van der Waals surface area contributed by atoms with Gasteiger partial charge in [0.25, 0.3) is 5.91 Å². The number of hydrogen-bond acceptors (Lipinski definition) is 4. The quantitative estimate of drug-likeness (QED) is 0.553. The molecule has 2 heterocycles. The molecule has 5 N–H and O–H groups in total. The van der Waals surface area contributed by atoms with Gasteiger partial charge in [0, 0.05) is 29.1 Å². The molecule has 8 nitrogen and oxygen atoms in total. The number of carbonyl (C=O) groups is 2. The van der Waals surface area contributed by atoms with Gasteiger partial charge in [-0.15, -0.1) is 0 Å². The molecular formula is C20H21N3O5S. The molecule has 29 heavy (non-hydrogen) atoms. The summed E-state index contributed by atoms with van der Waals surface area (Å²) >= 11 is 0. The number of sulfonamides is 1. The Hall–Kier alpha value is -2.91. The number of nitrogens with two attached hydrogens (primary N) is 1. The lowest BCUT2D eigenvalue weighted by molar-refractivity contribution is -0.137. The largest absolute Gasteiger partial charge is 0.481 e. The number of aliphatic carboxylic acids is 1. The number of benzene rings is 1. The third-order valence-corrected chi connectivity index (χ3v) is 6.33. The second-order valence-corrected chi connectivity index (χ2v) is 8.90. The van der Waals surface area contributed by atoms with E-state index >= 15 is 0 Å². The summed E-state index contributed by atoms with van der Waals surface area (Å²) in [7, 11) is -3.91. The van der Waals surface area contributed by atoms with E-state index in [-0.39, 0.29) is 17.2 Å². The fourth-order valence-electron chi connectivity index (χ4n) is 4.05. The molecule has 0 atom stereocenters. The Balaban J connectivity index is 1.82. The highest BCUT2D eigenvalue weighted by Crippen LogP contribution is 2.36. The van der Waals surface area contributed by atoms with E-state index in [0.29, 0.717) is 28.9 Å². The van der Waals surface area contributed by atoms with Crippen molar-refractivity contribution in [1.82, 2.24) is 4.98 Å². The van der Waals surface area contributed by atoms with Gasteiger partial charge in [0.15, 0.2) is 0 Å². The lowest BCUT2D eigenvalue weighted by Gasteiger charge is -2.12. The average molecular weight is 415 g/mol. The number of primary sulfonamides is 1. The number of aryl methyl sites for hydroxylation is 1. The molecule has 0 radical (unpaired) electrons. The number of carboxylic acids is 1. The van der Waals surface area contributed by atoms with Crippen LogP contribution in [0.25, 0.3) is 11.6 Å². The van der Waals surface area contributed by atoms with Crippen molar-refractivity contribution in [3.63, 3.8) is 0 Å². The third kappa shape index (κ3) is 3.70.